The van der Waals surface area contributed by atoms with E-state index in [1.165, 1.54) is 5.39 Å². The van der Waals surface area contributed by atoms with Crippen molar-refractivity contribution in [3.05, 3.63) is 53.5 Å². The number of carbonyl (C=O) groups is 2. The van der Waals surface area contributed by atoms with Gasteiger partial charge in [0.15, 0.2) is 5.69 Å². The zero-order valence-electron chi connectivity index (χ0n) is 16.5. The monoisotopic (exact) mass is 395 g/mol. The number of benzene rings is 1. The quantitative estimate of drug-likeness (QED) is 0.596. The van der Waals surface area contributed by atoms with E-state index in [9.17, 15) is 9.59 Å². The van der Waals surface area contributed by atoms with Gasteiger partial charge in [-0.2, -0.15) is 5.10 Å². The molecule has 1 aromatic carbocycles. The van der Waals surface area contributed by atoms with Crippen molar-refractivity contribution in [3.63, 3.8) is 0 Å². The third-order valence-corrected chi connectivity index (χ3v) is 5.26. The summed E-state index contributed by atoms with van der Waals surface area (Å²) in [6.45, 7) is 2.57. The molecule has 0 unspecified atom stereocenters. The van der Waals surface area contributed by atoms with Gasteiger partial charge in [0.2, 0.25) is 5.91 Å². The summed E-state index contributed by atoms with van der Waals surface area (Å²) in [5.74, 6) is -0.102. The van der Waals surface area contributed by atoms with Crippen LogP contribution < -0.4 is 5.32 Å². The number of nitrogens with one attached hydrogen (secondary N) is 2. The zero-order valence-corrected chi connectivity index (χ0v) is 16.5. The Morgan fingerprint density at radius 3 is 3.00 bits per heavy atom. The molecule has 8 nitrogen and oxygen atoms in total. The molecule has 1 aliphatic rings. The molecule has 0 aliphatic carbocycles. The number of carbonyl (C=O) groups excluding carboxylic acids is 2. The summed E-state index contributed by atoms with van der Waals surface area (Å²) in [7, 11) is 1.59. The van der Waals surface area contributed by atoms with Crippen LogP contribution in [0.4, 0.5) is 0 Å². The minimum Gasteiger partial charge on any atom is -0.383 e. The number of amides is 2. The summed E-state index contributed by atoms with van der Waals surface area (Å²) in [6.07, 6.45) is 3.14. The number of para-hydroxylation sites is 1. The van der Waals surface area contributed by atoms with Crippen molar-refractivity contribution in [1.82, 2.24) is 25.0 Å². The van der Waals surface area contributed by atoms with Crippen molar-refractivity contribution >= 4 is 22.7 Å². The Morgan fingerprint density at radius 2 is 2.14 bits per heavy atom. The second kappa shape index (κ2) is 8.48. The Labute approximate surface area is 168 Å². The smallest absolute Gasteiger partial charge is 0.271 e. The number of aromatic nitrogens is 3. The minimum atomic E-state index is -0.221. The molecule has 0 atom stereocenters. The van der Waals surface area contributed by atoms with Crippen molar-refractivity contribution in [1.29, 1.82) is 0 Å². The van der Waals surface area contributed by atoms with Gasteiger partial charge in [0, 0.05) is 43.7 Å². The minimum absolute atomic E-state index is 0.119. The molecular weight excluding hydrogens is 370 g/mol. The molecule has 8 heteroatoms. The highest BCUT2D eigenvalue weighted by Crippen LogP contribution is 2.20. The summed E-state index contributed by atoms with van der Waals surface area (Å²) in [4.78, 5) is 30.0. The second-order valence-corrected chi connectivity index (χ2v) is 7.17. The topological polar surface area (TPSA) is 92.2 Å². The van der Waals surface area contributed by atoms with Gasteiger partial charge in [0.25, 0.3) is 5.91 Å². The maximum atomic E-state index is 12.7. The number of fused-ring (bicyclic) bond motifs is 2. The molecule has 0 radical (unpaired) electrons. The molecule has 4 rings (SSSR count). The first-order valence-electron chi connectivity index (χ1n) is 9.82. The summed E-state index contributed by atoms with van der Waals surface area (Å²) >= 11 is 0. The Kier molecular flexibility index (Phi) is 5.62. The fourth-order valence-corrected chi connectivity index (χ4v) is 3.69. The number of aromatic amines is 1. The number of aryl methyl sites for hydroxylation is 1. The highest BCUT2D eigenvalue weighted by molar-refractivity contribution is 5.92. The van der Waals surface area contributed by atoms with E-state index >= 15 is 0 Å². The van der Waals surface area contributed by atoms with E-state index in [2.05, 4.69) is 21.5 Å². The fraction of sp³-hybridized carbons (Fsp3) is 0.381. The lowest BCUT2D eigenvalue weighted by Gasteiger charge is -2.27. The number of nitrogens with zero attached hydrogens (tertiary/aromatic N) is 3. The third-order valence-electron chi connectivity index (χ3n) is 5.26. The lowest BCUT2D eigenvalue weighted by atomic mass is 10.1. The van der Waals surface area contributed by atoms with Crippen LogP contribution in [-0.2, 0) is 29.0 Å². The van der Waals surface area contributed by atoms with E-state index in [4.69, 9.17) is 4.74 Å². The maximum Gasteiger partial charge on any atom is 0.271 e. The summed E-state index contributed by atoms with van der Waals surface area (Å²) in [5, 5.41) is 8.30. The molecule has 0 spiro atoms. The number of H-pyrrole nitrogens is 1. The first-order chi connectivity index (χ1) is 14.2. The standard InChI is InChI=1S/C21H25N5O3/c1-29-11-8-22-21(28)19-12-16-14-25(9-10-26(16)24-19)20(27)7-6-15-13-23-18-5-3-2-4-17(15)18/h2-5,12-13,23H,6-11,14H2,1H3,(H,22,28). The molecule has 3 aromatic rings. The molecule has 1 aliphatic heterocycles. The largest absolute Gasteiger partial charge is 0.383 e. The molecule has 2 amide bonds. The van der Waals surface area contributed by atoms with Crippen LogP contribution in [-0.4, -0.2) is 58.3 Å². The van der Waals surface area contributed by atoms with Crippen LogP contribution in [0.15, 0.2) is 36.5 Å². The van der Waals surface area contributed by atoms with Gasteiger partial charge in [0.05, 0.1) is 25.4 Å². The predicted molar refractivity (Wildman–Crippen MR) is 108 cm³/mol. The predicted octanol–water partition coefficient (Wildman–Crippen LogP) is 1.72. The number of hydrogen-bond donors (Lipinski definition) is 2. The Bertz CT molecular complexity index is 1020. The molecule has 2 N–H and O–H groups in total. The van der Waals surface area contributed by atoms with E-state index in [-0.39, 0.29) is 11.8 Å². The van der Waals surface area contributed by atoms with E-state index in [1.54, 1.807) is 13.2 Å². The normalized spacial score (nSPS) is 13.5. The maximum absolute atomic E-state index is 12.7. The van der Waals surface area contributed by atoms with Crippen molar-refractivity contribution in [2.75, 3.05) is 26.8 Å². The van der Waals surface area contributed by atoms with Gasteiger partial charge in [-0.15, -0.1) is 0 Å². The molecule has 2 aromatic heterocycles. The van der Waals surface area contributed by atoms with E-state index in [1.807, 2.05) is 34.0 Å². The molecule has 29 heavy (non-hydrogen) atoms. The lowest BCUT2D eigenvalue weighted by Crippen LogP contribution is -2.38. The van der Waals surface area contributed by atoms with Gasteiger partial charge >= 0.3 is 0 Å². The second-order valence-electron chi connectivity index (χ2n) is 7.17. The van der Waals surface area contributed by atoms with Crippen LogP contribution in [0.3, 0.4) is 0 Å². The van der Waals surface area contributed by atoms with Crippen LogP contribution in [0, 0.1) is 0 Å². The fourth-order valence-electron chi connectivity index (χ4n) is 3.69. The van der Waals surface area contributed by atoms with Crippen LogP contribution in [0.2, 0.25) is 0 Å². The number of rotatable bonds is 7. The van der Waals surface area contributed by atoms with Gasteiger partial charge in [-0.05, 0) is 24.1 Å². The van der Waals surface area contributed by atoms with Gasteiger partial charge in [-0.3, -0.25) is 14.3 Å². The Morgan fingerprint density at radius 1 is 1.28 bits per heavy atom. The van der Waals surface area contributed by atoms with Crippen molar-refractivity contribution in [3.8, 4) is 0 Å². The lowest BCUT2D eigenvalue weighted by molar-refractivity contribution is -0.132. The zero-order chi connectivity index (χ0) is 20.2. The average Bonchev–Trinajstić information content (AvgIpc) is 3.35. The first kappa shape index (κ1) is 19.2. The van der Waals surface area contributed by atoms with Gasteiger partial charge < -0.3 is 19.9 Å². The van der Waals surface area contributed by atoms with E-state index in [0.717, 1.165) is 16.8 Å². The Balaban J connectivity index is 1.35. The molecule has 0 fully saturated rings. The number of hydrogen-bond acceptors (Lipinski definition) is 4. The van der Waals surface area contributed by atoms with Gasteiger partial charge in [0.1, 0.15) is 0 Å². The van der Waals surface area contributed by atoms with Crippen LogP contribution in [0.1, 0.15) is 28.2 Å². The molecule has 3 heterocycles. The van der Waals surface area contributed by atoms with E-state index < -0.39 is 0 Å². The number of methoxy groups -OCH3 is 1. The molecule has 0 saturated carbocycles. The highest BCUT2D eigenvalue weighted by Gasteiger charge is 2.24. The molecule has 152 valence electrons. The molecular formula is C21H25N5O3. The Hall–Kier alpha value is -3.13. The summed E-state index contributed by atoms with van der Waals surface area (Å²) < 4.78 is 6.75. The van der Waals surface area contributed by atoms with Crippen LogP contribution in [0.5, 0.6) is 0 Å². The SMILES string of the molecule is COCCNC(=O)c1cc2n(n1)CCN(C(=O)CCc1c[nH]c3ccccc13)C2. The first-order valence-corrected chi connectivity index (χ1v) is 9.82. The van der Waals surface area contributed by atoms with Gasteiger partial charge in [-0.1, -0.05) is 18.2 Å². The average molecular weight is 395 g/mol. The number of ether oxygens (including phenoxy) is 1. The van der Waals surface area contributed by atoms with E-state index in [0.29, 0.717) is 51.3 Å². The highest BCUT2D eigenvalue weighted by atomic mass is 16.5. The summed E-state index contributed by atoms with van der Waals surface area (Å²) in [5.41, 5.74) is 3.51. The molecule has 0 saturated heterocycles. The molecule has 0 bridgehead atoms. The van der Waals surface area contributed by atoms with Crippen molar-refractivity contribution < 1.29 is 14.3 Å². The summed E-state index contributed by atoms with van der Waals surface area (Å²) in [6, 6.07) is 9.88. The van der Waals surface area contributed by atoms with Crippen LogP contribution >= 0.6 is 0 Å². The van der Waals surface area contributed by atoms with Gasteiger partial charge in [-0.25, -0.2) is 0 Å². The van der Waals surface area contributed by atoms with Crippen molar-refractivity contribution in [2.45, 2.75) is 25.9 Å². The third kappa shape index (κ3) is 4.17. The van der Waals surface area contributed by atoms with Crippen LogP contribution in [0.25, 0.3) is 10.9 Å². The van der Waals surface area contributed by atoms with Crippen molar-refractivity contribution in [2.24, 2.45) is 0 Å².